The van der Waals surface area contributed by atoms with Gasteiger partial charge in [0.2, 0.25) is 0 Å². The van der Waals surface area contributed by atoms with Gasteiger partial charge in [0, 0.05) is 7.05 Å². The number of hydrogen-bond acceptors (Lipinski definition) is 3. The molecule has 0 bridgehead atoms. The van der Waals surface area contributed by atoms with Crippen LogP contribution in [0.15, 0.2) is 30.3 Å². The van der Waals surface area contributed by atoms with Crippen LogP contribution in [0.25, 0.3) is 0 Å². The highest BCUT2D eigenvalue weighted by Gasteiger charge is 2.15. The third kappa shape index (κ3) is 3.20. The Morgan fingerprint density at radius 2 is 1.95 bits per heavy atom. The van der Waals surface area contributed by atoms with Crippen LogP contribution in [0, 0.1) is 0 Å². The van der Waals surface area contributed by atoms with E-state index >= 15 is 0 Å². The molecule has 4 nitrogen and oxygen atoms in total. The Hall–Kier alpha value is -1.81. The molecular weight excluding hydrogens is 252 g/mol. The molecule has 1 heterocycles. The lowest BCUT2D eigenvalue weighted by atomic mass is 10.1. The lowest BCUT2D eigenvalue weighted by Gasteiger charge is -2.12. The largest absolute Gasteiger partial charge is 0.494 e. The molecule has 0 amide bonds. The Morgan fingerprint density at radius 1 is 1.25 bits per heavy atom. The molecule has 20 heavy (non-hydrogen) atoms. The molecule has 0 spiro atoms. The molecule has 1 aromatic heterocycles. The van der Waals surface area contributed by atoms with E-state index in [1.54, 1.807) is 4.68 Å². The second-order valence-corrected chi connectivity index (χ2v) is 4.86. The van der Waals surface area contributed by atoms with Crippen LogP contribution in [0.4, 0.5) is 0 Å². The van der Waals surface area contributed by atoms with Gasteiger partial charge >= 0.3 is 0 Å². The van der Waals surface area contributed by atoms with Crippen LogP contribution < -0.4 is 4.74 Å². The highest BCUT2D eigenvalue weighted by molar-refractivity contribution is 5.32. The number of ether oxygens (including phenoxy) is 1. The minimum absolute atomic E-state index is 0.659. The average Bonchev–Trinajstić information content (AvgIpc) is 2.86. The number of hydrogen-bond donors (Lipinski definition) is 1. The van der Waals surface area contributed by atoms with Crippen LogP contribution in [0.5, 0.6) is 5.75 Å². The first-order chi connectivity index (χ1) is 9.65. The minimum Gasteiger partial charge on any atom is -0.494 e. The van der Waals surface area contributed by atoms with Gasteiger partial charge in [0.25, 0.3) is 0 Å². The molecule has 0 saturated heterocycles. The summed E-state index contributed by atoms with van der Waals surface area (Å²) in [5.74, 6) is 0.835. The standard InChI is InChI=1S/C16H22N2O2/c1-4-10-20-14-8-6-12(7-9-14)16(19)15-11-13(5-2)17-18(15)3/h6-9,11,16,19H,4-5,10H2,1-3H3. The summed E-state index contributed by atoms with van der Waals surface area (Å²) in [6.07, 6.45) is 1.19. The molecule has 1 atom stereocenters. The first-order valence-corrected chi connectivity index (χ1v) is 7.09. The molecule has 1 N–H and O–H groups in total. The molecule has 1 unspecified atom stereocenters. The highest BCUT2D eigenvalue weighted by atomic mass is 16.5. The van der Waals surface area contributed by atoms with E-state index in [2.05, 4.69) is 18.9 Å². The quantitative estimate of drug-likeness (QED) is 0.881. The number of nitrogens with zero attached hydrogens (tertiary/aromatic N) is 2. The molecule has 2 aromatic rings. The predicted molar refractivity (Wildman–Crippen MR) is 78.9 cm³/mol. The zero-order chi connectivity index (χ0) is 14.5. The minimum atomic E-state index is -0.659. The number of rotatable bonds is 6. The van der Waals surface area contributed by atoms with Crippen LogP contribution in [-0.4, -0.2) is 21.5 Å². The summed E-state index contributed by atoms with van der Waals surface area (Å²) in [7, 11) is 1.86. The lowest BCUT2D eigenvalue weighted by molar-refractivity contribution is 0.209. The Labute approximate surface area is 120 Å². The molecule has 0 aliphatic carbocycles. The van der Waals surface area contributed by atoms with Crippen LogP contribution in [0.3, 0.4) is 0 Å². The molecule has 0 saturated carbocycles. The van der Waals surface area contributed by atoms with Gasteiger partial charge in [0.15, 0.2) is 0 Å². The number of aliphatic hydroxyl groups is 1. The van der Waals surface area contributed by atoms with Gasteiger partial charge < -0.3 is 9.84 Å². The second kappa shape index (κ2) is 6.57. The summed E-state index contributed by atoms with van der Waals surface area (Å²) in [5, 5.41) is 14.8. The molecule has 0 radical (unpaired) electrons. The zero-order valence-corrected chi connectivity index (χ0v) is 12.3. The molecule has 108 valence electrons. The highest BCUT2D eigenvalue weighted by Crippen LogP contribution is 2.24. The molecule has 2 rings (SSSR count). The van der Waals surface area contributed by atoms with E-state index in [9.17, 15) is 5.11 Å². The van der Waals surface area contributed by atoms with Crippen molar-refractivity contribution in [2.45, 2.75) is 32.8 Å². The van der Waals surface area contributed by atoms with E-state index in [0.717, 1.165) is 35.5 Å². The van der Waals surface area contributed by atoms with E-state index in [0.29, 0.717) is 6.61 Å². The number of aromatic nitrogens is 2. The Balaban J connectivity index is 2.15. The molecule has 0 aliphatic heterocycles. The van der Waals surface area contributed by atoms with Crippen LogP contribution in [0.1, 0.15) is 43.3 Å². The van der Waals surface area contributed by atoms with Gasteiger partial charge in [0.05, 0.1) is 18.0 Å². The Kier molecular flexibility index (Phi) is 4.79. The molecule has 0 fully saturated rings. The van der Waals surface area contributed by atoms with E-state index in [1.807, 2.05) is 37.4 Å². The fourth-order valence-corrected chi connectivity index (χ4v) is 2.11. The van der Waals surface area contributed by atoms with Crippen molar-refractivity contribution in [3.8, 4) is 5.75 Å². The number of aryl methyl sites for hydroxylation is 2. The van der Waals surface area contributed by atoms with Crippen molar-refractivity contribution in [3.05, 3.63) is 47.3 Å². The van der Waals surface area contributed by atoms with Crippen LogP contribution in [0.2, 0.25) is 0 Å². The van der Waals surface area contributed by atoms with Gasteiger partial charge in [-0.1, -0.05) is 26.0 Å². The van der Waals surface area contributed by atoms with Crippen LogP contribution in [-0.2, 0) is 13.5 Å². The van der Waals surface area contributed by atoms with Gasteiger partial charge in [-0.15, -0.1) is 0 Å². The summed E-state index contributed by atoms with van der Waals surface area (Å²) >= 11 is 0. The zero-order valence-electron chi connectivity index (χ0n) is 12.3. The summed E-state index contributed by atoms with van der Waals surface area (Å²) < 4.78 is 7.28. The first-order valence-electron chi connectivity index (χ1n) is 7.09. The smallest absolute Gasteiger partial charge is 0.121 e. The van der Waals surface area contributed by atoms with Crippen molar-refractivity contribution < 1.29 is 9.84 Å². The van der Waals surface area contributed by atoms with Gasteiger partial charge in [0.1, 0.15) is 11.9 Å². The maximum atomic E-state index is 10.4. The van der Waals surface area contributed by atoms with E-state index in [4.69, 9.17) is 4.74 Å². The second-order valence-electron chi connectivity index (χ2n) is 4.86. The van der Waals surface area contributed by atoms with Gasteiger partial charge in [-0.05, 0) is 36.6 Å². The third-order valence-corrected chi connectivity index (χ3v) is 3.28. The maximum absolute atomic E-state index is 10.4. The van der Waals surface area contributed by atoms with Crippen molar-refractivity contribution in [3.63, 3.8) is 0 Å². The van der Waals surface area contributed by atoms with E-state index in [-0.39, 0.29) is 0 Å². The molecular formula is C16H22N2O2. The Morgan fingerprint density at radius 3 is 2.50 bits per heavy atom. The summed E-state index contributed by atoms with van der Waals surface area (Å²) in [4.78, 5) is 0. The van der Waals surface area contributed by atoms with Crippen molar-refractivity contribution in [2.75, 3.05) is 6.61 Å². The van der Waals surface area contributed by atoms with E-state index in [1.165, 1.54) is 0 Å². The van der Waals surface area contributed by atoms with Gasteiger partial charge in [-0.3, -0.25) is 4.68 Å². The van der Waals surface area contributed by atoms with Crippen molar-refractivity contribution in [2.24, 2.45) is 7.05 Å². The van der Waals surface area contributed by atoms with Crippen molar-refractivity contribution >= 4 is 0 Å². The SMILES string of the molecule is CCCOc1ccc(C(O)c2cc(CC)nn2C)cc1. The Bertz CT molecular complexity index is 546. The van der Waals surface area contributed by atoms with Gasteiger partial charge in [-0.2, -0.15) is 5.10 Å². The normalized spacial score (nSPS) is 12.4. The summed E-state index contributed by atoms with van der Waals surface area (Å²) in [6.45, 7) is 4.84. The van der Waals surface area contributed by atoms with Gasteiger partial charge in [-0.25, -0.2) is 0 Å². The van der Waals surface area contributed by atoms with Crippen LogP contribution >= 0.6 is 0 Å². The summed E-state index contributed by atoms with van der Waals surface area (Å²) in [5.41, 5.74) is 2.65. The lowest BCUT2D eigenvalue weighted by Crippen LogP contribution is -2.06. The average molecular weight is 274 g/mol. The van der Waals surface area contributed by atoms with Crippen molar-refractivity contribution in [1.82, 2.24) is 9.78 Å². The van der Waals surface area contributed by atoms with Crippen molar-refractivity contribution in [1.29, 1.82) is 0 Å². The van der Waals surface area contributed by atoms with E-state index < -0.39 is 6.10 Å². The monoisotopic (exact) mass is 274 g/mol. The predicted octanol–water partition coefficient (Wildman–Crippen LogP) is 2.85. The fourth-order valence-electron chi connectivity index (χ4n) is 2.11. The fraction of sp³-hybridized carbons (Fsp3) is 0.438. The maximum Gasteiger partial charge on any atom is 0.121 e. The summed E-state index contributed by atoms with van der Waals surface area (Å²) in [6, 6.07) is 9.53. The topological polar surface area (TPSA) is 47.3 Å². The number of aliphatic hydroxyl groups excluding tert-OH is 1. The molecule has 1 aromatic carbocycles. The first kappa shape index (κ1) is 14.6. The molecule has 0 aliphatic rings. The third-order valence-electron chi connectivity index (χ3n) is 3.28. The number of benzene rings is 1. The molecule has 4 heteroatoms.